The van der Waals surface area contributed by atoms with E-state index in [0.717, 1.165) is 135 Å². The molecule has 0 aliphatic carbocycles. The summed E-state index contributed by atoms with van der Waals surface area (Å²) in [5.74, 6) is -0.823. The lowest BCUT2D eigenvalue weighted by Crippen LogP contribution is -2.37. The number of hydrogen-bond donors (Lipinski definition) is 1. The lowest BCUT2D eigenvalue weighted by atomic mass is 10.1. The van der Waals surface area contributed by atoms with Crippen molar-refractivity contribution in [1.82, 2.24) is 0 Å². The molecule has 2 atom stereocenters. The molecule has 0 aliphatic heterocycles. The highest BCUT2D eigenvalue weighted by atomic mass is 31.2. The maximum absolute atomic E-state index is 12.9. The first kappa shape index (κ1) is 79.6. The SMILES string of the molecule is CC/C=C\C/C=C\C/C=C\C/C=C\C/C=C\C/C=C\C/C=C\C/C=C\C/C=C\C/C=C\C/C=C\CCCCCCCCCC(=O)OC(COC(=O)CCCCCCCCCCC/C=C\C/C=C\CCCCC)COP(=O)(O)OCC[N+](C)(C)C. The van der Waals surface area contributed by atoms with Gasteiger partial charge >= 0.3 is 19.8 Å². The molecule has 0 aromatic rings. The summed E-state index contributed by atoms with van der Waals surface area (Å²) < 4.78 is 34.6. The third-order valence-corrected chi connectivity index (χ3v) is 14.5. The largest absolute Gasteiger partial charge is 0.472 e. The Morgan fingerprint density at radius 1 is 0.381 bits per heavy atom. The first-order chi connectivity index (χ1) is 41.0. The molecule has 84 heavy (non-hydrogen) atoms. The summed E-state index contributed by atoms with van der Waals surface area (Å²) in [5.41, 5.74) is 0. The average Bonchev–Trinajstić information content (AvgIpc) is 3.61. The highest BCUT2D eigenvalue weighted by Crippen LogP contribution is 2.43. The second-order valence-corrected chi connectivity index (χ2v) is 24.2. The van der Waals surface area contributed by atoms with Gasteiger partial charge in [0.25, 0.3) is 0 Å². The monoisotopic (exact) mass is 1180 g/mol. The normalized spacial score (nSPS) is 14.2. The van der Waals surface area contributed by atoms with Gasteiger partial charge in [-0.15, -0.1) is 0 Å². The smallest absolute Gasteiger partial charge is 0.462 e. The number of ether oxygens (including phenoxy) is 2. The molecule has 0 fully saturated rings. The van der Waals surface area contributed by atoms with E-state index < -0.39 is 26.5 Å². The lowest BCUT2D eigenvalue weighted by molar-refractivity contribution is -0.870. The van der Waals surface area contributed by atoms with E-state index in [9.17, 15) is 19.0 Å². The fraction of sp³-hybridized carbons (Fsp3) is 0.622. The molecular weight excluding hydrogens is 1060 g/mol. The van der Waals surface area contributed by atoms with Gasteiger partial charge in [0.15, 0.2) is 6.10 Å². The molecule has 9 nitrogen and oxygen atoms in total. The molecule has 2 unspecified atom stereocenters. The molecule has 0 saturated carbocycles. The number of unbranched alkanes of at least 4 members (excludes halogenated alkanes) is 19. The number of carbonyl (C=O) groups is 2. The zero-order chi connectivity index (χ0) is 61.2. The van der Waals surface area contributed by atoms with E-state index in [0.29, 0.717) is 17.4 Å². The van der Waals surface area contributed by atoms with Crippen LogP contribution in [0, 0.1) is 0 Å². The Morgan fingerprint density at radius 2 is 0.679 bits per heavy atom. The quantitative estimate of drug-likeness (QED) is 0.0211. The topological polar surface area (TPSA) is 108 Å². The van der Waals surface area contributed by atoms with E-state index in [-0.39, 0.29) is 32.0 Å². The first-order valence-electron chi connectivity index (χ1n) is 33.2. The standard InChI is InChI=1S/C74H122NO8P/c1-6-8-10-12-14-16-18-20-22-24-26-27-28-29-30-31-32-33-34-35-36-37-38-39-40-41-42-43-44-45-46-47-49-51-53-55-57-59-61-63-65-67-74(77)83-72(71-82-84(78,79)81-69-68-75(3,4)5)70-80-73(76)66-64-62-60-58-56-54-52-50-48-25-23-21-19-17-15-13-11-9-7-2/h8,10,14-17,20-23,26-27,29-30,32-33,35-36,38-39,41-42,44-45,47,49,72H,6-7,9,11-13,18-19,24-25,28,31,34,37,40,43,46,48,50-71H2,1-5H3/p+1/b10-8-,16-14-,17-15-,22-20-,23-21-,27-26-,30-29-,33-32-,36-35-,39-38-,42-41-,45-44-,49-47-. The van der Waals surface area contributed by atoms with E-state index in [1.54, 1.807) is 0 Å². The van der Waals surface area contributed by atoms with Gasteiger partial charge in [0, 0.05) is 12.8 Å². The summed E-state index contributed by atoms with van der Waals surface area (Å²) >= 11 is 0. The number of esters is 2. The Morgan fingerprint density at radius 3 is 1.01 bits per heavy atom. The number of allylic oxidation sites excluding steroid dienone is 26. The summed E-state index contributed by atoms with van der Waals surface area (Å²) in [5, 5.41) is 0. The minimum atomic E-state index is -4.40. The average molecular weight is 1190 g/mol. The lowest BCUT2D eigenvalue weighted by Gasteiger charge is -2.24. The number of phosphoric acid groups is 1. The van der Waals surface area contributed by atoms with Gasteiger partial charge in [-0.2, -0.15) is 0 Å². The molecule has 0 rings (SSSR count). The number of carbonyl (C=O) groups excluding carboxylic acids is 2. The number of phosphoric ester groups is 1. The van der Waals surface area contributed by atoms with Crippen LogP contribution in [0.1, 0.15) is 245 Å². The van der Waals surface area contributed by atoms with Crippen molar-refractivity contribution in [3.63, 3.8) is 0 Å². The van der Waals surface area contributed by atoms with Crippen molar-refractivity contribution in [3.8, 4) is 0 Å². The number of nitrogens with zero attached hydrogens (tertiary/aromatic N) is 1. The van der Waals surface area contributed by atoms with Crippen molar-refractivity contribution in [2.24, 2.45) is 0 Å². The third-order valence-electron chi connectivity index (χ3n) is 13.5. The van der Waals surface area contributed by atoms with Crippen LogP contribution in [-0.4, -0.2) is 74.9 Å². The highest BCUT2D eigenvalue weighted by molar-refractivity contribution is 7.47. The Bertz CT molecular complexity index is 1970. The molecule has 0 aromatic carbocycles. The molecule has 10 heteroatoms. The zero-order valence-electron chi connectivity index (χ0n) is 54.1. The molecule has 0 aliphatic rings. The van der Waals surface area contributed by atoms with Crippen LogP contribution >= 0.6 is 7.82 Å². The Kier molecular flexibility index (Phi) is 59.9. The van der Waals surface area contributed by atoms with Crippen molar-refractivity contribution in [3.05, 3.63) is 158 Å². The van der Waals surface area contributed by atoms with E-state index in [4.69, 9.17) is 18.5 Å². The van der Waals surface area contributed by atoms with Gasteiger partial charge in [0.05, 0.1) is 27.7 Å². The second-order valence-electron chi connectivity index (χ2n) is 22.8. The van der Waals surface area contributed by atoms with Crippen LogP contribution in [0.15, 0.2) is 158 Å². The molecule has 0 aromatic heterocycles. The number of hydrogen-bond acceptors (Lipinski definition) is 7. The Balaban J connectivity index is 4.15. The van der Waals surface area contributed by atoms with Gasteiger partial charge in [-0.3, -0.25) is 18.6 Å². The van der Waals surface area contributed by atoms with Gasteiger partial charge in [-0.25, -0.2) is 4.57 Å². The van der Waals surface area contributed by atoms with Crippen LogP contribution in [0.2, 0.25) is 0 Å². The predicted molar refractivity (Wildman–Crippen MR) is 362 cm³/mol. The molecule has 476 valence electrons. The van der Waals surface area contributed by atoms with Crippen LogP contribution in [0.4, 0.5) is 0 Å². The van der Waals surface area contributed by atoms with E-state index >= 15 is 0 Å². The Hall–Kier alpha value is -4.37. The van der Waals surface area contributed by atoms with Crippen LogP contribution in [0.5, 0.6) is 0 Å². The third kappa shape index (κ3) is 66.8. The van der Waals surface area contributed by atoms with Crippen LogP contribution in [0.25, 0.3) is 0 Å². The summed E-state index contributed by atoms with van der Waals surface area (Å²) in [6.45, 7) is 4.26. The van der Waals surface area contributed by atoms with E-state index in [2.05, 4.69) is 172 Å². The number of likely N-dealkylation sites (N-methyl/N-ethyl adjacent to an activating group) is 1. The second kappa shape index (κ2) is 63.1. The summed E-state index contributed by atoms with van der Waals surface area (Å²) in [4.78, 5) is 35.8. The van der Waals surface area contributed by atoms with E-state index in [1.807, 2.05) is 21.1 Å². The van der Waals surface area contributed by atoms with Crippen LogP contribution < -0.4 is 0 Å². The minimum absolute atomic E-state index is 0.0209. The van der Waals surface area contributed by atoms with Crippen LogP contribution in [0.3, 0.4) is 0 Å². The highest BCUT2D eigenvalue weighted by Gasteiger charge is 2.27. The van der Waals surface area contributed by atoms with Gasteiger partial charge in [0.1, 0.15) is 19.8 Å². The first-order valence-corrected chi connectivity index (χ1v) is 34.7. The van der Waals surface area contributed by atoms with Gasteiger partial charge in [0.2, 0.25) is 0 Å². The van der Waals surface area contributed by atoms with Gasteiger partial charge in [-0.1, -0.05) is 262 Å². The maximum Gasteiger partial charge on any atom is 0.472 e. The summed E-state index contributed by atoms with van der Waals surface area (Å²) in [7, 11) is 1.45. The minimum Gasteiger partial charge on any atom is -0.462 e. The molecular formula is C74H123NO8P+. The molecule has 1 N–H and O–H groups in total. The number of quaternary nitrogens is 1. The zero-order valence-corrected chi connectivity index (χ0v) is 55.0. The van der Waals surface area contributed by atoms with Crippen LogP contribution in [-0.2, 0) is 32.7 Å². The fourth-order valence-electron chi connectivity index (χ4n) is 8.46. The molecule has 0 bridgehead atoms. The molecule has 0 radical (unpaired) electrons. The van der Waals surface area contributed by atoms with Crippen molar-refractivity contribution in [2.45, 2.75) is 251 Å². The molecule has 0 spiro atoms. The van der Waals surface area contributed by atoms with Crippen molar-refractivity contribution in [2.75, 3.05) is 47.5 Å². The van der Waals surface area contributed by atoms with E-state index in [1.165, 1.54) is 77.0 Å². The molecule has 0 heterocycles. The maximum atomic E-state index is 12.9. The van der Waals surface area contributed by atoms with Crippen molar-refractivity contribution in [1.29, 1.82) is 0 Å². The molecule has 0 saturated heterocycles. The fourth-order valence-corrected chi connectivity index (χ4v) is 9.20. The Labute approximate surface area is 516 Å². The van der Waals surface area contributed by atoms with Crippen molar-refractivity contribution < 1.29 is 42.1 Å². The predicted octanol–water partition coefficient (Wildman–Crippen LogP) is 21.6. The molecule has 0 amide bonds. The summed E-state index contributed by atoms with van der Waals surface area (Å²) in [6.07, 6.45) is 94.7. The van der Waals surface area contributed by atoms with Crippen molar-refractivity contribution >= 4 is 19.8 Å². The van der Waals surface area contributed by atoms with Gasteiger partial charge < -0.3 is 18.9 Å². The summed E-state index contributed by atoms with van der Waals surface area (Å²) in [6, 6.07) is 0. The van der Waals surface area contributed by atoms with Gasteiger partial charge in [-0.05, 0) is 128 Å². The number of rotatable bonds is 59.